The zero-order valence-electron chi connectivity index (χ0n) is 11.1. The van der Waals surface area contributed by atoms with Crippen LogP contribution in [-0.2, 0) is 9.47 Å². The van der Waals surface area contributed by atoms with Gasteiger partial charge in [0.1, 0.15) is 6.73 Å². The van der Waals surface area contributed by atoms with Crippen molar-refractivity contribution in [3.63, 3.8) is 0 Å². The van der Waals surface area contributed by atoms with Crippen molar-refractivity contribution in [1.82, 2.24) is 15.5 Å². The monoisotopic (exact) mass is 247 g/mol. The van der Waals surface area contributed by atoms with E-state index in [4.69, 9.17) is 9.47 Å². The molecule has 2 N–H and O–H groups in total. The molecule has 17 heavy (non-hydrogen) atoms. The fourth-order valence-electron chi connectivity index (χ4n) is 1.26. The van der Waals surface area contributed by atoms with E-state index in [2.05, 4.69) is 29.4 Å². The Hall–Kier alpha value is -0.850. The SMILES string of the molecule is CCN(CC)CCNC(=O)NCOCCOC. The van der Waals surface area contributed by atoms with Crippen LogP contribution in [0.4, 0.5) is 4.79 Å². The molecule has 0 aliphatic carbocycles. The molecule has 0 aromatic carbocycles. The lowest BCUT2D eigenvalue weighted by Crippen LogP contribution is -2.41. The van der Waals surface area contributed by atoms with Crippen molar-refractivity contribution >= 4 is 6.03 Å². The van der Waals surface area contributed by atoms with Gasteiger partial charge in [0.05, 0.1) is 13.2 Å². The number of methoxy groups -OCH3 is 1. The van der Waals surface area contributed by atoms with Crippen molar-refractivity contribution in [1.29, 1.82) is 0 Å². The number of nitrogens with zero attached hydrogens (tertiary/aromatic N) is 1. The first-order valence-electron chi connectivity index (χ1n) is 6.05. The number of nitrogens with one attached hydrogen (secondary N) is 2. The predicted molar refractivity (Wildman–Crippen MR) is 67.0 cm³/mol. The molecule has 0 saturated heterocycles. The standard InChI is InChI=1S/C11H25N3O3/c1-4-14(5-2)7-6-12-11(15)13-10-17-9-8-16-3/h4-10H2,1-3H3,(H2,12,13,15). The van der Waals surface area contributed by atoms with E-state index >= 15 is 0 Å². The number of urea groups is 1. The summed E-state index contributed by atoms with van der Waals surface area (Å²) in [6.45, 7) is 8.94. The fraction of sp³-hybridized carbons (Fsp3) is 0.909. The first-order valence-corrected chi connectivity index (χ1v) is 6.05. The highest BCUT2D eigenvalue weighted by Gasteiger charge is 2.01. The van der Waals surface area contributed by atoms with Crippen molar-refractivity contribution in [2.75, 3.05) is 53.2 Å². The van der Waals surface area contributed by atoms with Crippen molar-refractivity contribution in [3.8, 4) is 0 Å². The number of hydrogen-bond donors (Lipinski definition) is 2. The van der Waals surface area contributed by atoms with Gasteiger partial charge < -0.3 is 25.0 Å². The first kappa shape index (κ1) is 16.1. The predicted octanol–water partition coefficient (Wildman–Crippen LogP) is 0.248. The summed E-state index contributed by atoms with van der Waals surface area (Å²) in [5.41, 5.74) is 0. The van der Waals surface area contributed by atoms with E-state index < -0.39 is 0 Å². The molecule has 0 aromatic heterocycles. The fourth-order valence-corrected chi connectivity index (χ4v) is 1.26. The van der Waals surface area contributed by atoms with E-state index in [1.807, 2.05) is 0 Å². The zero-order chi connectivity index (χ0) is 12.9. The Morgan fingerprint density at radius 1 is 1.18 bits per heavy atom. The van der Waals surface area contributed by atoms with Crippen LogP contribution >= 0.6 is 0 Å². The van der Waals surface area contributed by atoms with Gasteiger partial charge in [0, 0.05) is 20.2 Å². The molecule has 0 atom stereocenters. The maximum absolute atomic E-state index is 11.3. The maximum Gasteiger partial charge on any atom is 0.316 e. The van der Waals surface area contributed by atoms with E-state index in [1.54, 1.807) is 7.11 Å². The van der Waals surface area contributed by atoms with Crippen molar-refractivity contribution in [2.45, 2.75) is 13.8 Å². The molecule has 0 unspecified atom stereocenters. The van der Waals surface area contributed by atoms with E-state index in [-0.39, 0.29) is 12.8 Å². The topological polar surface area (TPSA) is 62.8 Å². The molecule has 2 amide bonds. The highest BCUT2D eigenvalue weighted by Crippen LogP contribution is 1.83. The Bertz CT molecular complexity index is 187. The van der Waals surface area contributed by atoms with Gasteiger partial charge in [-0.2, -0.15) is 0 Å². The Morgan fingerprint density at radius 3 is 2.47 bits per heavy atom. The van der Waals surface area contributed by atoms with Crippen molar-refractivity contribution in [3.05, 3.63) is 0 Å². The number of ether oxygens (including phenoxy) is 2. The minimum Gasteiger partial charge on any atom is -0.382 e. The Labute approximate surface area is 104 Å². The third kappa shape index (κ3) is 10.0. The summed E-state index contributed by atoms with van der Waals surface area (Å²) in [5, 5.41) is 5.37. The minimum absolute atomic E-state index is 0.199. The summed E-state index contributed by atoms with van der Waals surface area (Å²) >= 11 is 0. The lowest BCUT2D eigenvalue weighted by atomic mass is 10.4. The molecule has 0 saturated carbocycles. The number of hydrogen-bond acceptors (Lipinski definition) is 4. The molecule has 0 fully saturated rings. The number of carbonyl (C=O) groups is 1. The second-order valence-electron chi connectivity index (χ2n) is 3.50. The third-order valence-electron chi connectivity index (χ3n) is 2.37. The highest BCUT2D eigenvalue weighted by atomic mass is 16.5. The Morgan fingerprint density at radius 2 is 1.88 bits per heavy atom. The van der Waals surface area contributed by atoms with E-state index in [1.165, 1.54) is 0 Å². The summed E-state index contributed by atoms with van der Waals surface area (Å²) in [6.07, 6.45) is 0. The first-order chi connectivity index (χ1) is 8.24. The van der Waals surface area contributed by atoms with Crippen LogP contribution in [0.5, 0.6) is 0 Å². The molecule has 6 heteroatoms. The van der Waals surface area contributed by atoms with Gasteiger partial charge in [0.2, 0.25) is 0 Å². The van der Waals surface area contributed by atoms with Crippen LogP contribution in [0.3, 0.4) is 0 Å². The molecule has 0 aliphatic rings. The van der Waals surface area contributed by atoms with Crippen molar-refractivity contribution < 1.29 is 14.3 Å². The van der Waals surface area contributed by atoms with Gasteiger partial charge in [-0.1, -0.05) is 13.8 Å². The second kappa shape index (κ2) is 11.6. The summed E-state index contributed by atoms with van der Waals surface area (Å²) in [7, 11) is 1.61. The van der Waals surface area contributed by atoms with Crippen LogP contribution in [0.25, 0.3) is 0 Å². The molecule has 0 radical (unpaired) electrons. The number of carbonyl (C=O) groups excluding carboxylic acids is 1. The van der Waals surface area contributed by atoms with Crippen LogP contribution in [0.2, 0.25) is 0 Å². The van der Waals surface area contributed by atoms with Crippen LogP contribution in [0.1, 0.15) is 13.8 Å². The smallest absolute Gasteiger partial charge is 0.316 e. The quantitative estimate of drug-likeness (QED) is 0.429. The van der Waals surface area contributed by atoms with Gasteiger partial charge in [-0.15, -0.1) is 0 Å². The molecule has 0 rings (SSSR count). The molecule has 102 valence electrons. The molecule has 6 nitrogen and oxygen atoms in total. The summed E-state index contributed by atoms with van der Waals surface area (Å²) in [6, 6.07) is -0.199. The van der Waals surface area contributed by atoms with Gasteiger partial charge in [-0.3, -0.25) is 0 Å². The van der Waals surface area contributed by atoms with E-state index in [0.29, 0.717) is 19.8 Å². The summed E-state index contributed by atoms with van der Waals surface area (Å²) < 4.78 is 9.91. The van der Waals surface area contributed by atoms with Crippen molar-refractivity contribution in [2.24, 2.45) is 0 Å². The number of rotatable bonds is 10. The molecule has 0 spiro atoms. The van der Waals surface area contributed by atoms with Crippen LogP contribution in [0, 0.1) is 0 Å². The van der Waals surface area contributed by atoms with Gasteiger partial charge in [0.15, 0.2) is 0 Å². The molecular formula is C11H25N3O3. The summed E-state index contributed by atoms with van der Waals surface area (Å²) in [4.78, 5) is 13.5. The lowest BCUT2D eigenvalue weighted by molar-refractivity contribution is 0.0642. The molecule has 0 bridgehead atoms. The van der Waals surface area contributed by atoms with Crippen LogP contribution in [-0.4, -0.2) is 64.2 Å². The molecule has 0 aliphatic heterocycles. The molecule has 0 aromatic rings. The highest BCUT2D eigenvalue weighted by molar-refractivity contribution is 5.73. The Balaban J connectivity index is 3.34. The summed E-state index contributed by atoms with van der Waals surface area (Å²) in [5.74, 6) is 0. The van der Waals surface area contributed by atoms with Gasteiger partial charge in [-0.25, -0.2) is 4.79 Å². The molecular weight excluding hydrogens is 222 g/mol. The average Bonchev–Trinajstić information content (AvgIpc) is 2.34. The van der Waals surface area contributed by atoms with Gasteiger partial charge in [-0.05, 0) is 13.1 Å². The number of likely N-dealkylation sites (N-methyl/N-ethyl adjacent to an activating group) is 1. The van der Waals surface area contributed by atoms with E-state index in [0.717, 1.165) is 19.6 Å². The third-order valence-corrected chi connectivity index (χ3v) is 2.37. The lowest BCUT2D eigenvalue weighted by Gasteiger charge is -2.18. The van der Waals surface area contributed by atoms with Gasteiger partial charge in [0.25, 0.3) is 0 Å². The van der Waals surface area contributed by atoms with E-state index in [9.17, 15) is 4.79 Å². The normalized spacial score (nSPS) is 10.6. The van der Waals surface area contributed by atoms with Gasteiger partial charge >= 0.3 is 6.03 Å². The largest absolute Gasteiger partial charge is 0.382 e. The minimum atomic E-state index is -0.199. The average molecular weight is 247 g/mol. The Kier molecular flexibility index (Phi) is 11.0. The van der Waals surface area contributed by atoms with Crippen LogP contribution < -0.4 is 10.6 Å². The second-order valence-corrected chi connectivity index (χ2v) is 3.50. The van der Waals surface area contributed by atoms with Crippen LogP contribution in [0.15, 0.2) is 0 Å². The number of amides is 2. The molecule has 0 heterocycles. The maximum atomic E-state index is 11.3. The zero-order valence-corrected chi connectivity index (χ0v) is 11.1.